The SMILES string of the molecule is CN1CCC(N(CCCN)Cc2ccccc2)C1. The molecule has 1 aromatic rings. The van der Waals surface area contributed by atoms with Crippen LogP contribution in [0.25, 0.3) is 0 Å². The molecule has 2 N–H and O–H groups in total. The Bertz CT molecular complexity index is 339. The lowest BCUT2D eigenvalue weighted by Crippen LogP contribution is -2.38. The van der Waals surface area contributed by atoms with Crippen LogP contribution in [0.5, 0.6) is 0 Å². The summed E-state index contributed by atoms with van der Waals surface area (Å²) in [7, 11) is 2.21. The largest absolute Gasteiger partial charge is 0.330 e. The standard InChI is InChI=1S/C15H25N3/c1-17-11-8-15(13-17)18(10-5-9-16)12-14-6-3-2-4-7-14/h2-4,6-7,15H,5,8-13,16H2,1H3. The van der Waals surface area contributed by atoms with Gasteiger partial charge in [-0.2, -0.15) is 0 Å². The van der Waals surface area contributed by atoms with Crippen molar-refractivity contribution in [1.29, 1.82) is 0 Å². The minimum absolute atomic E-state index is 0.696. The maximum Gasteiger partial charge on any atom is 0.0238 e. The fourth-order valence-corrected chi connectivity index (χ4v) is 2.71. The molecule has 0 spiro atoms. The number of nitrogens with two attached hydrogens (primary N) is 1. The van der Waals surface area contributed by atoms with Gasteiger partial charge in [0, 0.05) is 25.7 Å². The molecule has 3 heteroatoms. The predicted octanol–water partition coefficient (Wildman–Crippen LogP) is 1.54. The van der Waals surface area contributed by atoms with Gasteiger partial charge in [0.25, 0.3) is 0 Å². The Hall–Kier alpha value is -0.900. The van der Waals surface area contributed by atoms with E-state index in [-0.39, 0.29) is 0 Å². The van der Waals surface area contributed by atoms with Crippen molar-refractivity contribution in [3.8, 4) is 0 Å². The fourth-order valence-electron chi connectivity index (χ4n) is 2.71. The Morgan fingerprint density at radius 3 is 2.72 bits per heavy atom. The molecule has 3 nitrogen and oxygen atoms in total. The van der Waals surface area contributed by atoms with Gasteiger partial charge in [-0.25, -0.2) is 0 Å². The average Bonchev–Trinajstić information content (AvgIpc) is 2.82. The van der Waals surface area contributed by atoms with Crippen LogP contribution in [0.4, 0.5) is 0 Å². The van der Waals surface area contributed by atoms with E-state index in [1.807, 2.05) is 0 Å². The van der Waals surface area contributed by atoms with Gasteiger partial charge >= 0.3 is 0 Å². The van der Waals surface area contributed by atoms with Crippen molar-refractivity contribution in [2.75, 3.05) is 33.2 Å². The third-order valence-electron chi connectivity index (χ3n) is 3.76. The van der Waals surface area contributed by atoms with E-state index in [0.717, 1.165) is 26.1 Å². The van der Waals surface area contributed by atoms with E-state index in [0.29, 0.717) is 6.04 Å². The zero-order valence-corrected chi connectivity index (χ0v) is 11.4. The fraction of sp³-hybridized carbons (Fsp3) is 0.600. The monoisotopic (exact) mass is 247 g/mol. The molecule has 2 rings (SSSR count). The Morgan fingerprint density at radius 2 is 2.11 bits per heavy atom. The molecule has 1 fully saturated rings. The first-order valence-electron chi connectivity index (χ1n) is 6.96. The van der Waals surface area contributed by atoms with Crippen molar-refractivity contribution in [2.24, 2.45) is 5.73 Å². The van der Waals surface area contributed by atoms with E-state index >= 15 is 0 Å². The van der Waals surface area contributed by atoms with Crippen LogP contribution in [-0.2, 0) is 6.54 Å². The molecular weight excluding hydrogens is 222 g/mol. The van der Waals surface area contributed by atoms with Gasteiger partial charge < -0.3 is 10.6 Å². The highest BCUT2D eigenvalue weighted by Gasteiger charge is 2.25. The molecule has 1 saturated heterocycles. The van der Waals surface area contributed by atoms with Crippen LogP contribution in [0, 0.1) is 0 Å². The highest BCUT2D eigenvalue weighted by atomic mass is 15.2. The van der Waals surface area contributed by atoms with Gasteiger partial charge in [0.1, 0.15) is 0 Å². The lowest BCUT2D eigenvalue weighted by molar-refractivity contribution is 0.188. The Morgan fingerprint density at radius 1 is 1.33 bits per heavy atom. The molecular formula is C15H25N3. The number of likely N-dealkylation sites (N-methyl/N-ethyl adjacent to an activating group) is 1. The summed E-state index contributed by atoms with van der Waals surface area (Å²) in [6, 6.07) is 11.5. The van der Waals surface area contributed by atoms with E-state index in [1.54, 1.807) is 0 Å². The second-order valence-corrected chi connectivity index (χ2v) is 5.30. The Balaban J connectivity index is 1.96. The third-order valence-corrected chi connectivity index (χ3v) is 3.76. The molecule has 0 bridgehead atoms. The van der Waals surface area contributed by atoms with Crippen molar-refractivity contribution < 1.29 is 0 Å². The van der Waals surface area contributed by atoms with Crippen LogP contribution in [0.2, 0.25) is 0 Å². The third kappa shape index (κ3) is 3.80. The van der Waals surface area contributed by atoms with Gasteiger partial charge in [0.2, 0.25) is 0 Å². The van der Waals surface area contributed by atoms with Crippen LogP contribution < -0.4 is 5.73 Å². The number of likely N-dealkylation sites (tertiary alicyclic amines) is 1. The number of rotatable bonds is 6. The van der Waals surface area contributed by atoms with Gasteiger partial charge in [-0.05, 0) is 38.5 Å². The summed E-state index contributed by atoms with van der Waals surface area (Å²) in [4.78, 5) is 5.02. The highest BCUT2D eigenvalue weighted by Crippen LogP contribution is 2.17. The second-order valence-electron chi connectivity index (χ2n) is 5.30. The maximum absolute atomic E-state index is 5.66. The first-order valence-corrected chi connectivity index (χ1v) is 6.96. The molecule has 1 atom stereocenters. The molecule has 0 radical (unpaired) electrons. The number of hydrogen-bond donors (Lipinski definition) is 1. The first-order chi connectivity index (χ1) is 8.79. The van der Waals surface area contributed by atoms with Crippen LogP contribution >= 0.6 is 0 Å². The summed E-state index contributed by atoms with van der Waals surface area (Å²) in [5.41, 5.74) is 7.07. The minimum Gasteiger partial charge on any atom is -0.330 e. The Kier molecular flexibility index (Phi) is 5.17. The summed E-state index contributed by atoms with van der Waals surface area (Å²) >= 11 is 0. The summed E-state index contributed by atoms with van der Waals surface area (Å²) in [6.45, 7) is 5.37. The molecule has 1 heterocycles. The number of nitrogens with zero attached hydrogens (tertiary/aromatic N) is 2. The second kappa shape index (κ2) is 6.88. The normalized spacial score (nSPS) is 20.7. The smallest absolute Gasteiger partial charge is 0.0238 e. The van der Waals surface area contributed by atoms with Gasteiger partial charge in [-0.1, -0.05) is 30.3 Å². The van der Waals surface area contributed by atoms with Gasteiger partial charge in [-0.15, -0.1) is 0 Å². The van der Waals surface area contributed by atoms with E-state index in [2.05, 4.69) is 47.2 Å². The van der Waals surface area contributed by atoms with Crippen molar-refractivity contribution >= 4 is 0 Å². The van der Waals surface area contributed by atoms with Crippen molar-refractivity contribution in [1.82, 2.24) is 9.80 Å². The van der Waals surface area contributed by atoms with E-state index in [9.17, 15) is 0 Å². The number of hydrogen-bond acceptors (Lipinski definition) is 3. The summed E-state index contributed by atoms with van der Waals surface area (Å²) in [5, 5.41) is 0. The topological polar surface area (TPSA) is 32.5 Å². The zero-order chi connectivity index (χ0) is 12.8. The highest BCUT2D eigenvalue weighted by molar-refractivity contribution is 5.14. The molecule has 0 amide bonds. The van der Waals surface area contributed by atoms with Gasteiger partial charge in [0.05, 0.1) is 0 Å². The van der Waals surface area contributed by atoms with Crippen molar-refractivity contribution in [3.05, 3.63) is 35.9 Å². The van der Waals surface area contributed by atoms with E-state index in [4.69, 9.17) is 5.73 Å². The van der Waals surface area contributed by atoms with Crippen molar-refractivity contribution in [2.45, 2.75) is 25.4 Å². The molecule has 0 aliphatic carbocycles. The minimum atomic E-state index is 0.696. The lowest BCUT2D eigenvalue weighted by atomic mass is 10.1. The zero-order valence-electron chi connectivity index (χ0n) is 11.4. The van der Waals surface area contributed by atoms with Crippen LogP contribution in [0.3, 0.4) is 0 Å². The average molecular weight is 247 g/mol. The summed E-state index contributed by atoms with van der Waals surface area (Å²) in [6.07, 6.45) is 2.38. The van der Waals surface area contributed by atoms with Gasteiger partial charge in [0.15, 0.2) is 0 Å². The molecule has 0 aromatic heterocycles. The van der Waals surface area contributed by atoms with Gasteiger partial charge in [-0.3, -0.25) is 4.90 Å². The van der Waals surface area contributed by atoms with E-state index in [1.165, 1.54) is 25.1 Å². The quantitative estimate of drug-likeness (QED) is 0.827. The molecule has 1 aliphatic rings. The first kappa shape index (κ1) is 13.5. The lowest BCUT2D eigenvalue weighted by Gasteiger charge is -2.28. The predicted molar refractivity (Wildman–Crippen MR) is 76.4 cm³/mol. The maximum atomic E-state index is 5.66. The molecule has 18 heavy (non-hydrogen) atoms. The summed E-state index contributed by atoms with van der Waals surface area (Å²) < 4.78 is 0. The Labute approximate surface area is 111 Å². The summed E-state index contributed by atoms with van der Waals surface area (Å²) in [5.74, 6) is 0. The number of benzene rings is 1. The van der Waals surface area contributed by atoms with E-state index < -0.39 is 0 Å². The molecule has 1 unspecified atom stereocenters. The van der Waals surface area contributed by atoms with Crippen molar-refractivity contribution in [3.63, 3.8) is 0 Å². The molecule has 100 valence electrons. The molecule has 1 aromatic carbocycles. The van der Waals surface area contributed by atoms with Crippen LogP contribution in [0.1, 0.15) is 18.4 Å². The molecule has 1 aliphatic heterocycles. The van der Waals surface area contributed by atoms with Crippen LogP contribution in [-0.4, -0.2) is 49.1 Å². The molecule has 0 saturated carbocycles. The van der Waals surface area contributed by atoms with Crippen LogP contribution in [0.15, 0.2) is 30.3 Å².